The van der Waals surface area contributed by atoms with Crippen LogP contribution in [-0.2, 0) is 0 Å². The average molecular weight is 310 g/mol. The Morgan fingerprint density at radius 1 is 0.792 bits per heavy atom. The first-order chi connectivity index (χ1) is 11.8. The van der Waals surface area contributed by atoms with Crippen molar-refractivity contribution in [3.63, 3.8) is 0 Å². The average Bonchev–Trinajstić information content (AvgIpc) is 2.97. The summed E-state index contributed by atoms with van der Waals surface area (Å²) in [6.45, 7) is 2.09. The third-order valence-electron chi connectivity index (χ3n) is 4.39. The van der Waals surface area contributed by atoms with Crippen molar-refractivity contribution < 1.29 is 4.42 Å². The van der Waals surface area contributed by atoms with Crippen molar-refractivity contribution in [3.05, 3.63) is 72.6 Å². The van der Waals surface area contributed by atoms with Crippen molar-refractivity contribution in [3.8, 4) is 11.4 Å². The summed E-state index contributed by atoms with van der Waals surface area (Å²) >= 11 is 0. The zero-order valence-corrected chi connectivity index (χ0v) is 13.2. The fourth-order valence-electron chi connectivity index (χ4n) is 3.31. The predicted octanol–water partition coefficient (Wildman–Crippen LogP) is 5.50. The van der Waals surface area contributed by atoms with Crippen LogP contribution in [0.4, 0.5) is 0 Å². The van der Waals surface area contributed by atoms with Gasteiger partial charge in [-0.25, -0.2) is 9.97 Å². The molecule has 3 nitrogen and oxygen atoms in total. The summed E-state index contributed by atoms with van der Waals surface area (Å²) in [5.41, 5.74) is 3.84. The molecule has 0 N–H and O–H groups in total. The Kier molecular flexibility index (Phi) is 2.71. The van der Waals surface area contributed by atoms with Gasteiger partial charge in [-0.3, -0.25) is 0 Å². The van der Waals surface area contributed by atoms with Crippen LogP contribution in [0, 0.1) is 6.92 Å². The Labute approximate surface area is 138 Å². The number of rotatable bonds is 1. The Morgan fingerprint density at radius 3 is 2.33 bits per heavy atom. The molecule has 0 amide bonds. The fraction of sp³-hybridized carbons (Fsp3) is 0.0476. The predicted molar refractivity (Wildman–Crippen MR) is 97.0 cm³/mol. The standard InChI is InChI=1S/C21H14N2O/c1-13-9-17-16-11-14-5-2-3-6-15(14)12-19(16)24-20(17)18(10-13)21-22-7-4-8-23-21/h2-12H,1H3. The molecule has 0 fully saturated rings. The summed E-state index contributed by atoms with van der Waals surface area (Å²) in [6.07, 6.45) is 3.51. The van der Waals surface area contributed by atoms with Gasteiger partial charge in [-0.15, -0.1) is 0 Å². The molecule has 5 aromatic rings. The smallest absolute Gasteiger partial charge is 0.162 e. The summed E-state index contributed by atoms with van der Waals surface area (Å²) in [4.78, 5) is 8.79. The van der Waals surface area contributed by atoms with Gasteiger partial charge in [0.2, 0.25) is 0 Å². The van der Waals surface area contributed by atoms with Crippen molar-refractivity contribution in [1.82, 2.24) is 9.97 Å². The first kappa shape index (κ1) is 13.3. The van der Waals surface area contributed by atoms with Crippen LogP contribution in [0.2, 0.25) is 0 Å². The third kappa shape index (κ3) is 1.91. The van der Waals surface area contributed by atoms with Gasteiger partial charge in [0.05, 0.1) is 5.56 Å². The lowest BCUT2D eigenvalue weighted by molar-refractivity contribution is 0.670. The Balaban J connectivity index is 1.93. The number of hydrogen-bond acceptors (Lipinski definition) is 3. The van der Waals surface area contributed by atoms with Gasteiger partial charge in [0.15, 0.2) is 5.82 Å². The number of nitrogens with zero attached hydrogens (tertiary/aromatic N) is 2. The normalized spacial score (nSPS) is 11.5. The third-order valence-corrected chi connectivity index (χ3v) is 4.39. The van der Waals surface area contributed by atoms with Gasteiger partial charge in [-0.2, -0.15) is 0 Å². The maximum Gasteiger partial charge on any atom is 0.162 e. The number of aromatic nitrogens is 2. The van der Waals surface area contributed by atoms with Crippen LogP contribution < -0.4 is 0 Å². The van der Waals surface area contributed by atoms with Gasteiger partial charge in [0, 0.05) is 23.2 Å². The maximum absolute atomic E-state index is 6.22. The van der Waals surface area contributed by atoms with E-state index in [2.05, 4.69) is 59.4 Å². The van der Waals surface area contributed by atoms with Crippen molar-refractivity contribution in [1.29, 1.82) is 0 Å². The van der Waals surface area contributed by atoms with E-state index >= 15 is 0 Å². The van der Waals surface area contributed by atoms with E-state index in [9.17, 15) is 0 Å². The second-order valence-electron chi connectivity index (χ2n) is 6.06. The lowest BCUT2D eigenvalue weighted by Gasteiger charge is -2.02. The molecule has 2 aromatic heterocycles. The molecular weight excluding hydrogens is 296 g/mol. The van der Waals surface area contributed by atoms with Crippen LogP contribution >= 0.6 is 0 Å². The highest BCUT2D eigenvalue weighted by atomic mass is 16.3. The molecule has 0 atom stereocenters. The van der Waals surface area contributed by atoms with E-state index in [1.165, 1.54) is 16.3 Å². The molecule has 0 radical (unpaired) electrons. The number of aryl methyl sites for hydroxylation is 1. The van der Waals surface area contributed by atoms with Crippen LogP contribution in [-0.4, -0.2) is 9.97 Å². The molecule has 0 saturated carbocycles. The molecule has 2 heterocycles. The van der Waals surface area contributed by atoms with Gasteiger partial charge in [0.1, 0.15) is 11.2 Å². The van der Waals surface area contributed by atoms with Gasteiger partial charge in [-0.05, 0) is 53.6 Å². The maximum atomic E-state index is 6.22. The Bertz CT molecular complexity index is 1210. The molecule has 3 heteroatoms. The van der Waals surface area contributed by atoms with E-state index in [1.54, 1.807) is 12.4 Å². The molecule has 0 aliphatic carbocycles. The van der Waals surface area contributed by atoms with E-state index in [0.717, 1.165) is 27.5 Å². The second-order valence-corrected chi connectivity index (χ2v) is 6.06. The highest BCUT2D eigenvalue weighted by molar-refractivity contribution is 6.13. The minimum atomic E-state index is 0.690. The molecule has 0 bridgehead atoms. The largest absolute Gasteiger partial charge is 0.455 e. The molecule has 0 spiro atoms. The minimum absolute atomic E-state index is 0.690. The van der Waals surface area contributed by atoms with Gasteiger partial charge < -0.3 is 4.42 Å². The quantitative estimate of drug-likeness (QED) is 0.410. The lowest BCUT2D eigenvalue weighted by atomic mass is 10.0. The van der Waals surface area contributed by atoms with E-state index in [4.69, 9.17) is 4.42 Å². The molecular formula is C21H14N2O. The number of fused-ring (bicyclic) bond motifs is 4. The molecule has 24 heavy (non-hydrogen) atoms. The monoisotopic (exact) mass is 310 g/mol. The zero-order valence-electron chi connectivity index (χ0n) is 13.2. The molecule has 0 aliphatic rings. The zero-order chi connectivity index (χ0) is 16.1. The second kappa shape index (κ2) is 4.90. The first-order valence-corrected chi connectivity index (χ1v) is 7.93. The Morgan fingerprint density at radius 2 is 1.54 bits per heavy atom. The molecule has 0 aliphatic heterocycles. The molecule has 114 valence electrons. The highest BCUT2D eigenvalue weighted by Crippen LogP contribution is 2.37. The number of benzene rings is 3. The molecule has 0 unspecified atom stereocenters. The summed E-state index contributed by atoms with van der Waals surface area (Å²) in [5, 5.41) is 4.63. The molecule has 5 rings (SSSR count). The summed E-state index contributed by atoms with van der Waals surface area (Å²) < 4.78 is 6.22. The lowest BCUT2D eigenvalue weighted by Crippen LogP contribution is -1.88. The van der Waals surface area contributed by atoms with E-state index < -0.39 is 0 Å². The number of hydrogen-bond donors (Lipinski definition) is 0. The summed E-state index contributed by atoms with van der Waals surface area (Å²) in [5.74, 6) is 0.690. The molecule has 0 saturated heterocycles. The SMILES string of the molecule is Cc1cc(-c2ncccn2)c2oc3cc4ccccc4cc3c2c1. The van der Waals surface area contributed by atoms with Gasteiger partial charge in [-0.1, -0.05) is 24.3 Å². The highest BCUT2D eigenvalue weighted by Gasteiger charge is 2.15. The topological polar surface area (TPSA) is 38.9 Å². The summed E-state index contributed by atoms with van der Waals surface area (Å²) in [6, 6.07) is 18.7. The van der Waals surface area contributed by atoms with E-state index in [1.807, 2.05) is 12.1 Å². The van der Waals surface area contributed by atoms with Crippen molar-refractivity contribution in [2.45, 2.75) is 6.92 Å². The number of furan rings is 1. The van der Waals surface area contributed by atoms with Crippen molar-refractivity contribution in [2.24, 2.45) is 0 Å². The van der Waals surface area contributed by atoms with Crippen LogP contribution in [0.25, 0.3) is 44.1 Å². The first-order valence-electron chi connectivity index (χ1n) is 7.93. The van der Waals surface area contributed by atoms with Crippen LogP contribution in [0.3, 0.4) is 0 Å². The fourth-order valence-corrected chi connectivity index (χ4v) is 3.31. The molecule has 3 aromatic carbocycles. The van der Waals surface area contributed by atoms with Crippen molar-refractivity contribution >= 4 is 32.7 Å². The van der Waals surface area contributed by atoms with Crippen LogP contribution in [0.5, 0.6) is 0 Å². The van der Waals surface area contributed by atoms with Gasteiger partial charge >= 0.3 is 0 Å². The minimum Gasteiger partial charge on any atom is -0.455 e. The van der Waals surface area contributed by atoms with E-state index in [-0.39, 0.29) is 0 Å². The van der Waals surface area contributed by atoms with Crippen LogP contribution in [0.1, 0.15) is 5.56 Å². The van der Waals surface area contributed by atoms with E-state index in [0.29, 0.717) is 5.82 Å². The van der Waals surface area contributed by atoms with Crippen molar-refractivity contribution in [2.75, 3.05) is 0 Å². The van der Waals surface area contributed by atoms with Crippen LogP contribution in [0.15, 0.2) is 71.4 Å². The van der Waals surface area contributed by atoms with Gasteiger partial charge in [0.25, 0.3) is 0 Å². The summed E-state index contributed by atoms with van der Waals surface area (Å²) in [7, 11) is 0. The Hall–Kier alpha value is -3.20.